The van der Waals surface area contributed by atoms with Gasteiger partial charge in [-0.1, -0.05) is 49.4 Å². The molecule has 3 heterocycles. The van der Waals surface area contributed by atoms with E-state index in [9.17, 15) is 4.79 Å². The topological polar surface area (TPSA) is 92.8 Å². The first kappa shape index (κ1) is 25.5. The Balaban J connectivity index is 0.000000481. The van der Waals surface area contributed by atoms with Gasteiger partial charge in [0, 0.05) is 50.0 Å². The first-order valence-corrected chi connectivity index (χ1v) is 12.1. The highest BCUT2D eigenvalue weighted by Crippen LogP contribution is 2.23. The van der Waals surface area contributed by atoms with Gasteiger partial charge in [0.25, 0.3) is 0 Å². The summed E-state index contributed by atoms with van der Waals surface area (Å²) in [6.45, 7) is 14.3. The Hall–Kier alpha value is -3.16. The molecular formula is C27H37N5O2. The maximum atomic E-state index is 9.60. The van der Waals surface area contributed by atoms with Crippen LogP contribution in [0.2, 0.25) is 0 Å². The van der Waals surface area contributed by atoms with Crippen molar-refractivity contribution in [3.8, 4) is 0 Å². The molecule has 0 radical (unpaired) electrons. The summed E-state index contributed by atoms with van der Waals surface area (Å²) in [5, 5.41) is 17.2. The number of rotatable bonds is 5. The number of hydrazone groups is 1. The van der Waals surface area contributed by atoms with Crippen molar-refractivity contribution < 1.29 is 9.90 Å². The second-order valence-electron chi connectivity index (χ2n) is 8.74. The van der Waals surface area contributed by atoms with Crippen LogP contribution >= 0.6 is 0 Å². The van der Waals surface area contributed by atoms with Crippen LogP contribution in [-0.2, 0) is 11.3 Å². The molecule has 2 aliphatic heterocycles. The van der Waals surface area contributed by atoms with Crippen molar-refractivity contribution in [2.75, 3.05) is 32.7 Å². The van der Waals surface area contributed by atoms with Crippen LogP contribution in [0.1, 0.15) is 44.4 Å². The predicted octanol–water partition coefficient (Wildman–Crippen LogP) is 4.20. The number of carboxylic acids is 1. The van der Waals surface area contributed by atoms with Gasteiger partial charge in [0.05, 0.1) is 12.2 Å². The zero-order chi connectivity index (χ0) is 24.3. The summed E-state index contributed by atoms with van der Waals surface area (Å²) >= 11 is 0. The van der Waals surface area contributed by atoms with E-state index in [1.165, 1.54) is 16.5 Å². The fourth-order valence-electron chi connectivity index (χ4n) is 4.01. The van der Waals surface area contributed by atoms with Gasteiger partial charge in [-0.05, 0) is 43.0 Å². The molecule has 0 bridgehead atoms. The molecule has 1 saturated heterocycles. The number of aromatic nitrogens is 1. The van der Waals surface area contributed by atoms with Gasteiger partial charge in [-0.15, -0.1) is 0 Å². The summed E-state index contributed by atoms with van der Waals surface area (Å²) < 4.78 is 0. The summed E-state index contributed by atoms with van der Waals surface area (Å²) in [6, 6.07) is 8.73. The molecule has 2 aliphatic rings. The van der Waals surface area contributed by atoms with Crippen molar-refractivity contribution in [2.45, 2.75) is 39.7 Å². The Kier molecular flexibility index (Phi) is 9.67. The molecule has 0 amide bonds. The molecule has 182 valence electrons. The van der Waals surface area contributed by atoms with E-state index in [4.69, 9.17) is 5.11 Å². The summed E-state index contributed by atoms with van der Waals surface area (Å²) in [6.07, 6.45) is 8.37. The molecule has 0 atom stereocenters. The Bertz CT molecular complexity index is 1070. The number of carbonyl (C=O) groups is 1. The number of piperazine rings is 1. The average Bonchev–Trinajstić information content (AvgIpc) is 3.25. The van der Waals surface area contributed by atoms with Gasteiger partial charge in [0.15, 0.2) is 0 Å². The molecule has 0 aliphatic carbocycles. The molecule has 4 N–H and O–H groups in total. The molecule has 0 unspecified atom stereocenters. The van der Waals surface area contributed by atoms with Gasteiger partial charge in [-0.3, -0.25) is 9.69 Å². The number of benzene rings is 1. The zero-order valence-electron chi connectivity index (χ0n) is 20.4. The molecule has 0 spiro atoms. The van der Waals surface area contributed by atoms with Gasteiger partial charge >= 0.3 is 5.97 Å². The standard InChI is InChI=1S/C23H29N5.C4H8O2/c1-17-5-3-6-18(2)23(27-25-10-9-17)22-15-20-19(7-4-8-21(20)26-22)16-28-13-11-24-12-14-28;1-2-3-4(5)6/h3-4,6-9,15,24-26H,2,5,10-14,16H2,1H3;2-3H2,1H3,(H,5,6)/b6-3-,17-9-,27-23+;. The molecule has 0 saturated carbocycles. The number of allylic oxidation sites excluding steroid dienone is 4. The number of hydrogen-bond acceptors (Lipinski definition) is 5. The minimum Gasteiger partial charge on any atom is -0.481 e. The summed E-state index contributed by atoms with van der Waals surface area (Å²) in [4.78, 5) is 15.7. The Morgan fingerprint density at radius 2 is 2.06 bits per heavy atom. The number of aromatic amines is 1. The molecule has 1 aromatic carbocycles. The lowest BCUT2D eigenvalue weighted by Crippen LogP contribution is -2.42. The minimum absolute atomic E-state index is 0.292. The molecule has 1 fully saturated rings. The summed E-state index contributed by atoms with van der Waals surface area (Å²) in [5.74, 6) is -0.711. The second-order valence-corrected chi connectivity index (χ2v) is 8.74. The third-order valence-corrected chi connectivity index (χ3v) is 5.87. The van der Waals surface area contributed by atoms with Crippen LogP contribution in [0.5, 0.6) is 0 Å². The number of aliphatic carboxylic acids is 1. The summed E-state index contributed by atoms with van der Waals surface area (Å²) in [7, 11) is 0. The first-order valence-electron chi connectivity index (χ1n) is 12.1. The van der Waals surface area contributed by atoms with E-state index in [2.05, 4.69) is 81.7 Å². The number of fused-ring (bicyclic) bond motifs is 1. The first-order chi connectivity index (χ1) is 16.5. The highest BCUT2D eigenvalue weighted by Gasteiger charge is 2.15. The van der Waals surface area contributed by atoms with Crippen LogP contribution in [0.25, 0.3) is 10.9 Å². The highest BCUT2D eigenvalue weighted by molar-refractivity contribution is 6.14. The smallest absolute Gasteiger partial charge is 0.303 e. The summed E-state index contributed by atoms with van der Waals surface area (Å²) in [5.41, 5.74) is 9.80. The highest BCUT2D eigenvalue weighted by atomic mass is 16.4. The van der Waals surface area contributed by atoms with Crippen molar-refractivity contribution in [3.63, 3.8) is 0 Å². The number of hydrogen-bond donors (Lipinski definition) is 4. The molecule has 7 heteroatoms. The predicted molar refractivity (Wildman–Crippen MR) is 140 cm³/mol. The number of nitrogens with one attached hydrogen (secondary N) is 3. The molecule has 2 aromatic rings. The maximum absolute atomic E-state index is 9.60. The van der Waals surface area contributed by atoms with Crippen molar-refractivity contribution in [1.82, 2.24) is 20.6 Å². The van der Waals surface area contributed by atoms with Gasteiger partial charge in [0.2, 0.25) is 0 Å². The van der Waals surface area contributed by atoms with Crippen LogP contribution < -0.4 is 10.7 Å². The van der Waals surface area contributed by atoms with E-state index in [-0.39, 0.29) is 0 Å². The van der Waals surface area contributed by atoms with E-state index in [0.29, 0.717) is 6.42 Å². The molecule has 7 nitrogen and oxygen atoms in total. The van der Waals surface area contributed by atoms with E-state index in [0.717, 1.165) is 74.6 Å². The lowest BCUT2D eigenvalue weighted by atomic mass is 10.1. The Morgan fingerprint density at radius 1 is 1.26 bits per heavy atom. The Labute approximate surface area is 202 Å². The van der Waals surface area contributed by atoms with E-state index < -0.39 is 5.97 Å². The third kappa shape index (κ3) is 7.43. The number of nitrogens with zero attached hydrogens (tertiary/aromatic N) is 2. The number of carboxylic acid groups (broad SMARTS) is 1. The molecule has 1 aromatic heterocycles. The van der Waals surface area contributed by atoms with Gasteiger partial charge in [-0.2, -0.15) is 5.10 Å². The van der Waals surface area contributed by atoms with Crippen LogP contribution in [-0.4, -0.2) is 59.4 Å². The Morgan fingerprint density at radius 3 is 2.76 bits per heavy atom. The fourth-order valence-corrected chi connectivity index (χ4v) is 4.01. The van der Waals surface area contributed by atoms with Crippen LogP contribution in [0, 0.1) is 0 Å². The van der Waals surface area contributed by atoms with Crippen molar-refractivity contribution >= 4 is 22.6 Å². The van der Waals surface area contributed by atoms with Gasteiger partial charge < -0.3 is 20.8 Å². The van der Waals surface area contributed by atoms with E-state index in [1.54, 1.807) is 0 Å². The fraction of sp³-hybridized carbons (Fsp3) is 0.407. The maximum Gasteiger partial charge on any atom is 0.303 e. The molecular weight excluding hydrogens is 426 g/mol. The van der Waals surface area contributed by atoms with E-state index in [1.807, 2.05) is 6.92 Å². The van der Waals surface area contributed by atoms with E-state index >= 15 is 0 Å². The van der Waals surface area contributed by atoms with Gasteiger partial charge in [0.1, 0.15) is 5.71 Å². The van der Waals surface area contributed by atoms with Gasteiger partial charge in [-0.25, -0.2) is 0 Å². The van der Waals surface area contributed by atoms with Crippen LogP contribution in [0.3, 0.4) is 0 Å². The monoisotopic (exact) mass is 463 g/mol. The average molecular weight is 464 g/mol. The second kappa shape index (κ2) is 12.9. The van der Waals surface area contributed by atoms with Crippen molar-refractivity contribution in [3.05, 3.63) is 71.5 Å². The molecule has 4 rings (SSSR count). The molecule has 34 heavy (non-hydrogen) atoms. The van der Waals surface area contributed by atoms with Crippen LogP contribution in [0.15, 0.2) is 65.3 Å². The third-order valence-electron chi connectivity index (χ3n) is 5.87. The zero-order valence-corrected chi connectivity index (χ0v) is 20.4. The lowest BCUT2D eigenvalue weighted by molar-refractivity contribution is -0.137. The van der Waals surface area contributed by atoms with Crippen molar-refractivity contribution in [2.24, 2.45) is 5.10 Å². The minimum atomic E-state index is -0.711. The largest absolute Gasteiger partial charge is 0.481 e. The SMILES string of the molecule is C=C1/C=C\C/C(C)=C\CN/N=C\1c1cc2c(CN3CCNCC3)cccc2[nH]1.CCCC(=O)O. The lowest BCUT2D eigenvalue weighted by Gasteiger charge is -2.27. The quantitative estimate of drug-likeness (QED) is 0.499. The normalized spacial score (nSPS) is 21.3. The van der Waals surface area contributed by atoms with Crippen LogP contribution in [0.4, 0.5) is 0 Å². The number of H-pyrrole nitrogens is 1. The van der Waals surface area contributed by atoms with Crippen molar-refractivity contribution in [1.29, 1.82) is 0 Å².